The Morgan fingerprint density at radius 1 is 1.31 bits per heavy atom. The summed E-state index contributed by atoms with van der Waals surface area (Å²) < 4.78 is 4.48. The molecule has 0 saturated heterocycles. The maximum Gasteiger partial charge on any atom is 0.409 e. The number of carbonyl (C=O) groups excluding carboxylic acids is 2. The number of halogens is 1. The number of amides is 1. The summed E-state index contributed by atoms with van der Waals surface area (Å²) in [6.45, 7) is -0.0195. The predicted molar refractivity (Wildman–Crippen MR) is 60.8 cm³/mol. The number of methoxy groups -OCH3 is 1. The van der Waals surface area contributed by atoms with Gasteiger partial charge in [-0.15, -0.1) is 0 Å². The Labute approximate surface area is 98.8 Å². The number of nitrogens with zero attached hydrogens (tertiary/aromatic N) is 1. The molecule has 0 spiro atoms. The summed E-state index contributed by atoms with van der Waals surface area (Å²) in [5.41, 5.74) is 0.514. The van der Waals surface area contributed by atoms with Gasteiger partial charge in [0.2, 0.25) is 0 Å². The molecular weight excluding hydrogens is 230 g/mol. The average Bonchev–Trinajstić information content (AvgIpc) is 2.28. The van der Waals surface area contributed by atoms with E-state index in [-0.39, 0.29) is 12.3 Å². The van der Waals surface area contributed by atoms with Crippen molar-refractivity contribution in [3.8, 4) is 0 Å². The van der Waals surface area contributed by atoms with Gasteiger partial charge in [0, 0.05) is 17.6 Å². The standard InChI is InChI=1S/C11H12ClNO3/c1-13(11(15)16-2)7-10(14)8-3-5-9(12)6-4-8/h3-6H,7H2,1-2H3. The molecule has 0 fully saturated rings. The molecule has 1 aromatic rings. The van der Waals surface area contributed by atoms with Gasteiger partial charge in [-0.3, -0.25) is 4.79 Å². The highest BCUT2D eigenvalue weighted by molar-refractivity contribution is 6.30. The van der Waals surface area contributed by atoms with E-state index in [1.807, 2.05) is 0 Å². The van der Waals surface area contributed by atoms with Gasteiger partial charge in [0.05, 0.1) is 13.7 Å². The minimum atomic E-state index is -0.540. The van der Waals surface area contributed by atoms with Crippen molar-refractivity contribution < 1.29 is 14.3 Å². The van der Waals surface area contributed by atoms with Crippen LogP contribution in [0.3, 0.4) is 0 Å². The van der Waals surface area contributed by atoms with Crippen molar-refractivity contribution in [2.75, 3.05) is 20.7 Å². The van der Waals surface area contributed by atoms with Gasteiger partial charge in [0.25, 0.3) is 0 Å². The van der Waals surface area contributed by atoms with Crippen LogP contribution in [0.4, 0.5) is 4.79 Å². The molecule has 0 aliphatic heterocycles. The van der Waals surface area contributed by atoms with Crippen LogP contribution in [0.25, 0.3) is 0 Å². The molecule has 1 rings (SSSR count). The van der Waals surface area contributed by atoms with Gasteiger partial charge in [-0.1, -0.05) is 11.6 Å². The van der Waals surface area contributed by atoms with Crippen LogP contribution in [0, 0.1) is 0 Å². The van der Waals surface area contributed by atoms with E-state index in [0.29, 0.717) is 10.6 Å². The lowest BCUT2D eigenvalue weighted by Gasteiger charge is -2.14. The molecular formula is C11H12ClNO3. The average molecular weight is 242 g/mol. The lowest BCUT2D eigenvalue weighted by Crippen LogP contribution is -2.31. The normalized spacial score (nSPS) is 9.69. The quantitative estimate of drug-likeness (QED) is 0.763. The summed E-state index contributed by atoms with van der Waals surface area (Å²) in [7, 11) is 2.77. The monoisotopic (exact) mass is 241 g/mol. The van der Waals surface area contributed by atoms with Crippen molar-refractivity contribution in [3.63, 3.8) is 0 Å². The summed E-state index contributed by atoms with van der Waals surface area (Å²) in [6.07, 6.45) is -0.540. The van der Waals surface area contributed by atoms with Gasteiger partial charge in [-0.2, -0.15) is 0 Å². The fourth-order valence-corrected chi connectivity index (χ4v) is 1.29. The first kappa shape index (κ1) is 12.5. The van der Waals surface area contributed by atoms with E-state index in [1.165, 1.54) is 19.1 Å². The third-order valence-electron chi connectivity index (χ3n) is 2.03. The van der Waals surface area contributed by atoms with E-state index < -0.39 is 6.09 Å². The fourth-order valence-electron chi connectivity index (χ4n) is 1.16. The van der Waals surface area contributed by atoms with Crippen LogP contribution in [0.2, 0.25) is 5.02 Å². The largest absolute Gasteiger partial charge is 0.453 e. The molecule has 5 heteroatoms. The molecule has 0 saturated carbocycles. The molecule has 0 radical (unpaired) electrons. The molecule has 4 nitrogen and oxygen atoms in total. The van der Waals surface area contributed by atoms with Gasteiger partial charge in [-0.05, 0) is 24.3 Å². The van der Waals surface area contributed by atoms with E-state index in [2.05, 4.69) is 4.74 Å². The van der Waals surface area contributed by atoms with Gasteiger partial charge in [0.1, 0.15) is 0 Å². The topological polar surface area (TPSA) is 46.6 Å². The first-order valence-electron chi connectivity index (χ1n) is 4.62. The highest BCUT2D eigenvalue weighted by Crippen LogP contribution is 2.10. The number of benzene rings is 1. The van der Waals surface area contributed by atoms with Crippen LogP contribution in [-0.2, 0) is 4.74 Å². The van der Waals surface area contributed by atoms with E-state index in [1.54, 1.807) is 24.3 Å². The summed E-state index contributed by atoms with van der Waals surface area (Å²) in [5, 5.41) is 0.567. The second kappa shape index (κ2) is 5.51. The van der Waals surface area contributed by atoms with Crippen LogP contribution in [0.15, 0.2) is 24.3 Å². The number of carbonyl (C=O) groups is 2. The van der Waals surface area contributed by atoms with Gasteiger partial charge in [0.15, 0.2) is 5.78 Å². The Morgan fingerprint density at radius 2 is 1.88 bits per heavy atom. The molecule has 0 heterocycles. The third-order valence-corrected chi connectivity index (χ3v) is 2.29. The SMILES string of the molecule is COC(=O)N(C)CC(=O)c1ccc(Cl)cc1. The Hall–Kier alpha value is -1.55. The van der Waals surface area contributed by atoms with Gasteiger partial charge >= 0.3 is 6.09 Å². The highest BCUT2D eigenvalue weighted by atomic mass is 35.5. The Bertz CT molecular complexity index is 389. The first-order chi connectivity index (χ1) is 7.54. The Morgan fingerprint density at radius 3 is 2.38 bits per heavy atom. The molecule has 1 amide bonds. The van der Waals surface area contributed by atoms with Crippen molar-refractivity contribution in [2.45, 2.75) is 0 Å². The second-order valence-corrected chi connectivity index (χ2v) is 3.69. The molecule has 0 aliphatic carbocycles. The second-order valence-electron chi connectivity index (χ2n) is 3.26. The summed E-state index contributed by atoms with van der Waals surface area (Å²) in [6, 6.07) is 6.51. The van der Waals surface area contributed by atoms with Crippen molar-refractivity contribution in [2.24, 2.45) is 0 Å². The summed E-state index contributed by atoms with van der Waals surface area (Å²) in [5.74, 6) is -0.162. The zero-order valence-electron chi connectivity index (χ0n) is 9.07. The summed E-state index contributed by atoms with van der Waals surface area (Å²) in [4.78, 5) is 24.0. The third kappa shape index (κ3) is 3.24. The van der Waals surface area contributed by atoms with E-state index in [9.17, 15) is 9.59 Å². The van der Waals surface area contributed by atoms with Crippen molar-refractivity contribution >= 4 is 23.5 Å². The fraction of sp³-hybridized carbons (Fsp3) is 0.273. The number of likely N-dealkylation sites (N-methyl/N-ethyl adjacent to an activating group) is 1. The molecule has 0 aliphatic rings. The zero-order chi connectivity index (χ0) is 12.1. The van der Waals surface area contributed by atoms with Crippen LogP contribution in [-0.4, -0.2) is 37.5 Å². The van der Waals surface area contributed by atoms with E-state index in [0.717, 1.165) is 0 Å². The number of hydrogen-bond acceptors (Lipinski definition) is 3. The maximum atomic E-state index is 11.7. The van der Waals surface area contributed by atoms with Crippen molar-refractivity contribution in [3.05, 3.63) is 34.9 Å². The van der Waals surface area contributed by atoms with Gasteiger partial charge in [-0.25, -0.2) is 4.79 Å². The minimum Gasteiger partial charge on any atom is -0.453 e. The van der Waals surface area contributed by atoms with Crippen LogP contribution in [0.5, 0.6) is 0 Å². The zero-order valence-corrected chi connectivity index (χ0v) is 9.82. The molecule has 1 aromatic carbocycles. The number of ketones is 1. The number of Topliss-reactive ketones (excluding diaryl/α,β-unsaturated/α-hetero) is 1. The molecule has 0 aromatic heterocycles. The molecule has 0 N–H and O–H groups in total. The first-order valence-corrected chi connectivity index (χ1v) is 5.00. The van der Waals surface area contributed by atoms with Crippen LogP contribution >= 0.6 is 11.6 Å². The van der Waals surface area contributed by atoms with E-state index in [4.69, 9.17) is 11.6 Å². The van der Waals surface area contributed by atoms with E-state index >= 15 is 0 Å². The summed E-state index contributed by atoms with van der Waals surface area (Å²) >= 11 is 5.70. The van der Waals surface area contributed by atoms with Crippen molar-refractivity contribution in [1.82, 2.24) is 4.90 Å². The minimum absolute atomic E-state index is 0.0195. The van der Waals surface area contributed by atoms with Crippen LogP contribution < -0.4 is 0 Å². The lowest BCUT2D eigenvalue weighted by molar-refractivity contribution is 0.0909. The molecule has 86 valence electrons. The number of ether oxygens (including phenoxy) is 1. The number of hydrogen-bond donors (Lipinski definition) is 0. The van der Waals surface area contributed by atoms with Gasteiger partial charge < -0.3 is 9.64 Å². The molecule has 16 heavy (non-hydrogen) atoms. The highest BCUT2D eigenvalue weighted by Gasteiger charge is 2.13. The molecule has 0 bridgehead atoms. The van der Waals surface area contributed by atoms with Crippen LogP contribution in [0.1, 0.15) is 10.4 Å². The number of rotatable bonds is 3. The molecule has 0 atom stereocenters. The predicted octanol–water partition coefficient (Wildman–Crippen LogP) is 2.22. The van der Waals surface area contributed by atoms with Crippen molar-refractivity contribution in [1.29, 1.82) is 0 Å². The Balaban J connectivity index is 2.65. The smallest absolute Gasteiger partial charge is 0.409 e. The molecule has 0 unspecified atom stereocenters. The Kier molecular flexibility index (Phi) is 4.31. The maximum absolute atomic E-state index is 11.7. The lowest BCUT2D eigenvalue weighted by atomic mass is 10.1.